The number of benzene rings is 1. The molecule has 1 N–H and O–H groups in total. The quantitative estimate of drug-likeness (QED) is 0.892. The zero-order chi connectivity index (χ0) is 12.4. The van der Waals surface area contributed by atoms with Crippen molar-refractivity contribution in [2.75, 3.05) is 23.8 Å². The van der Waals surface area contributed by atoms with Gasteiger partial charge in [0.1, 0.15) is 0 Å². The van der Waals surface area contributed by atoms with Gasteiger partial charge in [-0.1, -0.05) is 12.1 Å². The molecule has 18 heavy (non-hydrogen) atoms. The zero-order valence-electron chi connectivity index (χ0n) is 10.6. The van der Waals surface area contributed by atoms with Gasteiger partial charge in [-0.15, -0.1) is 0 Å². The molecule has 1 aliphatic rings. The number of hydrogen-bond donors (Lipinski definition) is 1. The fraction of sp³-hybridized carbons (Fsp3) is 0.267. The summed E-state index contributed by atoms with van der Waals surface area (Å²) in [5, 5.41) is 3.39. The van der Waals surface area contributed by atoms with E-state index in [9.17, 15) is 0 Å². The Morgan fingerprint density at radius 3 is 3.11 bits per heavy atom. The molecular weight excluding hydrogens is 222 g/mol. The fourth-order valence-electron chi connectivity index (χ4n) is 2.40. The van der Waals surface area contributed by atoms with E-state index in [4.69, 9.17) is 0 Å². The van der Waals surface area contributed by atoms with E-state index in [-0.39, 0.29) is 0 Å². The van der Waals surface area contributed by atoms with Gasteiger partial charge in [0.15, 0.2) is 0 Å². The minimum absolute atomic E-state index is 0.850. The van der Waals surface area contributed by atoms with E-state index in [0.29, 0.717) is 0 Å². The standard InChI is InChI=1S/C15H17N3/c1-18-8-6-13-9-12(4-5-15(13)18)10-17-14-3-2-7-16-11-14/h2-5,7,9,11,17H,6,8,10H2,1H3. The lowest BCUT2D eigenvalue weighted by molar-refractivity contribution is 0.955. The van der Waals surface area contributed by atoms with E-state index in [1.165, 1.54) is 16.8 Å². The molecule has 0 bridgehead atoms. The van der Waals surface area contributed by atoms with Crippen LogP contribution in [0.2, 0.25) is 0 Å². The van der Waals surface area contributed by atoms with Gasteiger partial charge in [0.2, 0.25) is 0 Å². The third-order valence-electron chi connectivity index (χ3n) is 3.43. The van der Waals surface area contributed by atoms with Crippen molar-refractivity contribution in [2.45, 2.75) is 13.0 Å². The summed E-state index contributed by atoms with van der Waals surface area (Å²) in [5.74, 6) is 0. The lowest BCUT2D eigenvalue weighted by atomic mass is 10.1. The van der Waals surface area contributed by atoms with Gasteiger partial charge in [-0.05, 0) is 35.7 Å². The first-order valence-corrected chi connectivity index (χ1v) is 6.30. The van der Waals surface area contributed by atoms with E-state index < -0.39 is 0 Å². The Balaban J connectivity index is 1.71. The normalized spacial score (nSPS) is 13.5. The molecule has 0 fully saturated rings. The van der Waals surface area contributed by atoms with Gasteiger partial charge in [-0.3, -0.25) is 4.98 Å². The average Bonchev–Trinajstić information content (AvgIpc) is 2.79. The van der Waals surface area contributed by atoms with Crippen molar-refractivity contribution in [3.05, 3.63) is 53.9 Å². The highest BCUT2D eigenvalue weighted by molar-refractivity contribution is 5.58. The molecule has 1 aromatic heterocycles. The number of fused-ring (bicyclic) bond motifs is 1. The Bertz CT molecular complexity index is 537. The minimum Gasteiger partial charge on any atom is -0.380 e. The van der Waals surface area contributed by atoms with Gasteiger partial charge < -0.3 is 10.2 Å². The van der Waals surface area contributed by atoms with E-state index >= 15 is 0 Å². The van der Waals surface area contributed by atoms with Crippen molar-refractivity contribution >= 4 is 11.4 Å². The molecule has 0 atom stereocenters. The summed E-state index contributed by atoms with van der Waals surface area (Å²) in [6, 6.07) is 10.7. The minimum atomic E-state index is 0.850. The first-order chi connectivity index (χ1) is 8.83. The van der Waals surface area contributed by atoms with Crippen LogP contribution in [0.5, 0.6) is 0 Å². The maximum absolute atomic E-state index is 4.10. The van der Waals surface area contributed by atoms with Gasteiger partial charge in [-0.2, -0.15) is 0 Å². The van der Waals surface area contributed by atoms with Gasteiger partial charge in [0.25, 0.3) is 0 Å². The van der Waals surface area contributed by atoms with E-state index in [1.54, 1.807) is 6.20 Å². The fourth-order valence-corrected chi connectivity index (χ4v) is 2.40. The maximum Gasteiger partial charge on any atom is 0.0529 e. The highest BCUT2D eigenvalue weighted by Gasteiger charge is 2.15. The predicted octanol–water partition coefficient (Wildman–Crippen LogP) is 2.69. The Kier molecular flexibility index (Phi) is 2.89. The van der Waals surface area contributed by atoms with Crippen molar-refractivity contribution < 1.29 is 0 Å². The Labute approximate surface area is 107 Å². The molecule has 2 aromatic rings. The second-order valence-corrected chi connectivity index (χ2v) is 4.73. The molecular formula is C15H17N3. The molecule has 0 saturated carbocycles. The smallest absolute Gasteiger partial charge is 0.0529 e. The molecule has 0 radical (unpaired) electrons. The molecule has 0 saturated heterocycles. The SMILES string of the molecule is CN1CCc2cc(CNc3cccnc3)ccc21. The van der Waals surface area contributed by atoms with Crippen LogP contribution >= 0.6 is 0 Å². The molecule has 0 amide bonds. The summed E-state index contributed by atoms with van der Waals surface area (Å²) in [4.78, 5) is 6.41. The largest absolute Gasteiger partial charge is 0.380 e. The lowest BCUT2D eigenvalue weighted by Crippen LogP contribution is -2.12. The van der Waals surface area contributed by atoms with Gasteiger partial charge in [0, 0.05) is 38.2 Å². The molecule has 92 valence electrons. The molecule has 1 aliphatic heterocycles. The molecule has 0 unspecified atom stereocenters. The van der Waals surface area contributed by atoms with Crippen LogP contribution in [0.3, 0.4) is 0 Å². The summed E-state index contributed by atoms with van der Waals surface area (Å²) < 4.78 is 0. The first-order valence-electron chi connectivity index (χ1n) is 6.30. The number of nitrogens with zero attached hydrogens (tertiary/aromatic N) is 2. The van der Waals surface area contributed by atoms with E-state index in [2.05, 4.69) is 40.4 Å². The number of hydrogen-bond acceptors (Lipinski definition) is 3. The second kappa shape index (κ2) is 4.69. The van der Waals surface area contributed by atoms with Gasteiger partial charge >= 0.3 is 0 Å². The highest BCUT2D eigenvalue weighted by Crippen LogP contribution is 2.27. The van der Waals surface area contributed by atoms with Crippen LogP contribution in [-0.2, 0) is 13.0 Å². The zero-order valence-corrected chi connectivity index (χ0v) is 10.6. The Hall–Kier alpha value is -2.03. The van der Waals surface area contributed by atoms with Crippen LogP contribution in [0, 0.1) is 0 Å². The number of nitrogens with one attached hydrogen (secondary N) is 1. The number of likely N-dealkylation sites (N-methyl/N-ethyl adjacent to an activating group) is 1. The van der Waals surface area contributed by atoms with Gasteiger partial charge in [0.05, 0.1) is 5.69 Å². The molecule has 3 heteroatoms. The van der Waals surface area contributed by atoms with Crippen LogP contribution in [0.25, 0.3) is 0 Å². The third-order valence-corrected chi connectivity index (χ3v) is 3.43. The molecule has 2 heterocycles. The summed E-state index contributed by atoms with van der Waals surface area (Å²) in [5.41, 5.74) is 5.23. The van der Waals surface area contributed by atoms with E-state index in [1.807, 2.05) is 18.3 Å². The van der Waals surface area contributed by atoms with Crippen molar-refractivity contribution in [2.24, 2.45) is 0 Å². The summed E-state index contributed by atoms with van der Waals surface area (Å²) >= 11 is 0. The van der Waals surface area contributed by atoms with Crippen LogP contribution in [0.4, 0.5) is 11.4 Å². The van der Waals surface area contributed by atoms with Crippen molar-refractivity contribution in [1.82, 2.24) is 4.98 Å². The topological polar surface area (TPSA) is 28.2 Å². The predicted molar refractivity (Wildman–Crippen MR) is 75.0 cm³/mol. The van der Waals surface area contributed by atoms with Crippen LogP contribution in [0.15, 0.2) is 42.7 Å². The van der Waals surface area contributed by atoms with E-state index in [0.717, 1.165) is 25.2 Å². The van der Waals surface area contributed by atoms with Crippen LogP contribution in [0.1, 0.15) is 11.1 Å². The molecule has 0 spiro atoms. The second-order valence-electron chi connectivity index (χ2n) is 4.73. The van der Waals surface area contributed by atoms with Crippen molar-refractivity contribution in [3.8, 4) is 0 Å². The first kappa shape index (κ1) is 11.1. The molecule has 0 aliphatic carbocycles. The average molecular weight is 239 g/mol. The molecule has 3 rings (SSSR count). The lowest BCUT2D eigenvalue weighted by Gasteiger charge is -2.12. The monoisotopic (exact) mass is 239 g/mol. The maximum atomic E-state index is 4.10. The molecule has 1 aromatic carbocycles. The summed E-state index contributed by atoms with van der Waals surface area (Å²) in [6.07, 6.45) is 4.80. The van der Waals surface area contributed by atoms with Crippen LogP contribution in [-0.4, -0.2) is 18.6 Å². The third kappa shape index (κ3) is 2.16. The number of rotatable bonds is 3. The Morgan fingerprint density at radius 1 is 1.33 bits per heavy atom. The summed E-state index contributed by atoms with van der Waals surface area (Å²) in [7, 11) is 2.15. The van der Waals surface area contributed by atoms with Crippen molar-refractivity contribution in [3.63, 3.8) is 0 Å². The summed E-state index contributed by atoms with van der Waals surface area (Å²) in [6.45, 7) is 1.98. The van der Waals surface area contributed by atoms with Gasteiger partial charge in [-0.25, -0.2) is 0 Å². The highest BCUT2D eigenvalue weighted by atomic mass is 15.1. The molecule has 3 nitrogen and oxygen atoms in total. The number of pyridine rings is 1. The Morgan fingerprint density at radius 2 is 2.28 bits per heavy atom. The number of aromatic nitrogens is 1. The number of anilines is 2. The van der Waals surface area contributed by atoms with Crippen molar-refractivity contribution in [1.29, 1.82) is 0 Å². The van der Waals surface area contributed by atoms with Crippen LogP contribution < -0.4 is 10.2 Å².